The van der Waals surface area contributed by atoms with Crippen molar-refractivity contribution in [2.45, 2.75) is 32.0 Å². The Kier molecular flexibility index (Phi) is 7.17. The number of piperidine rings is 1. The molecule has 35 heavy (non-hydrogen) atoms. The fourth-order valence-electron chi connectivity index (χ4n) is 4.03. The summed E-state index contributed by atoms with van der Waals surface area (Å²) in [4.78, 5) is 25.4. The van der Waals surface area contributed by atoms with Gasteiger partial charge in [0.25, 0.3) is 5.91 Å². The molecule has 1 saturated heterocycles. The van der Waals surface area contributed by atoms with E-state index in [2.05, 4.69) is 37.6 Å². The SMILES string of the molecule is O=C(NCc1ccco1)c1ccc(-c2ccnc(Nc3cccc(CN4CCC(O)CC4)c3)n2)s1. The van der Waals surface area contributed by atoms with E-state index in [0.29, 0.717) is 23.1 Å². The third-order valence-electron chi connectivity index (χ3n) is 5.89. The first-order valence-corrected chi connectivity index (χ1v) is 12.4. The van der Waals surface area contributed by atoms with Gasteiger partial charge in [0, 0.05) is 31.5 Å². The van der Waals surface area contributed by atoms with E-state index in [1.807, 2.05) is 30.3 Å². The topological polar surface area (TPSA) is 104 Å². The number of anilines is 2. The van der Waals surface area contributed by atoms with Crippen molar-refractivity contribution in [3.05, 3.63) is 83.3 Å². The van der Waals surface area contributed by atoms with Gasteiger partial charge in [0.2, 0.25) is 5.95 Å². The zero-order valence-corrected chi connectivity index (χ0v) is 20.0. The number of amides is 1. The summed E-state index contributed by atoms with van der Waals surface area (Å²) in [5.41, 5.74) is 2.87. The van der Waals surface area contributed by atoms with Crippen molar-refractivity contribution in [1.82, 2.24) is 20.2 Å². The number of thiophene rings is 1. The van der Waals surface area contributed by atoms with Gasteiger partial charge in [-0.1, -0.05) is 12.1 Å². The number of rotatable bonds is 8. The Labute approximate surface area is 207 Å². The van der Waals surface area contributed by atoms with Gasteiger partial charge in [-0.25, -0.2) is 9.97 Å². The summed E-state index contributed by atoms with van der Waals surface area (Å²) in [7, 11) is 0. The first kappa shape index (κ1) is 23.2. The third-order valence-corrected chi connectivity index (χ3v) is 6.99. The normalized spacial score (nSPS) is 14.7. The Bertz CT molecular complexity index is 1270. The minimum absolute atomic E-state index is 0.148. The number of carbonyl (C=O) groups is 1. The molecule has 1 fully saturated rings. The smallest absolute Gasteiger partial charge is 0.261 e. The molecule has 0 radical (unpaired) electrons. The average molecular weight is 490 g/mol. The standard InChI is InChI=1S/C26H27N5O3S/c32-20-9-12-31(13-10-20)17-18-3-1-4-19(15-18)29-26-27-11-8-22(30-26)23-6-7-24(35-23)25(33)28-16-21-5-2-14-34-21/h1-8,11,14-15,20,32H,9-10,12-13,16-17H2,(H,28,33)(H,27,29,30). The molecule has 1 aliphatic rings. The molecule has 1 amide bonds. The molecule has 180 valence electrons. The van der Waals surface area contributed by atoms with Crippen LogP contribution in [0.3, 0.4) is 0 Å². The second-order valence-electron chi connectivity index (χ2n) is 8.52. The predicted molar refractivity (Wildman–Crippen MR) is 135 cm³/mol. The van der Waals surface area contributed by atoms with Gasteiger partial charge >= 0.3 is 0 Å². The van der Waals surface area contributed by atoms with E-state index in [4.69, 9.17) is 4.42 Å². The molecule has 9 heteroatoms. The number of hydrogen-bond donors (Lipinski definition) is 3. The van der Waals surface area contributed by atoms with Crippen molar-refractivity contribution in [2.24, 2.45) is 0 Å². The van der Waals surface area contributed by atoms with Crippen LogP contribution in [0, 0.1) is 0 Å². The molecule has 1 aliphatic heterocycles. The molecule has 1 aromatic carbocycles. The van der Waals surface area contributed by atoms with Crippen molar-refractivity contribution in [3.63, 3.8) is 0 Å². The first-order valence-electron chi connectivity index (χ1n) is 11.6. The Morgan fingerprint density at radius 1 is 1.14 bits per heavy atom. The van der Waals surface area contributed by atoms with Gasteiger partial charge in [-0.15, -0.1) is 11.3 Å². The number of aromatic nitrogens is 2. The summed E-state index contributed by atoms with van der Waals surface area (Å²) in [5, 5.41) is 15.9. The molecule has 0 unspecified atom stereocenters. The quantitative estimate of drug-likeness (QED) is 0.336. The van der Waals surface area contributed by atoms with E-state index in [9.17, 15) is 9.90 Å². The summed E-state index contributed by atoms with van der Waals surface area (Å²) < 4.78 is 5.26. The molecule has 3 aromatic heterocycles. The van der Waals surface area contributed by atoms with Gasteiger partial charge < -0.3 is 20.2 Å². The maximum Gasteiger partial charge on any atom is 0.261 e. The first-order chi connectivity index (χ1) is 17.1. The average Bonchev–Trinajstić information content (AvgIpc) is 3.57. The summed E-state index contributed by atoms with van der Waals surface area (Å²) in [6, 6.07) is 17.4. The van der Waals surface area contributed by atoms with Crippen molar-refractivity contribution in [3.8, 4) is 10.6 Å². The molecule has 4 aromatic rings. The molecule has 0 spiro atoms. The van der Waals surface area contributed by atoms with Gasteiger partial charge in [-0.05, 0) is 60.9 Å². The van der Waals surface area contributed by atoms with Crippen LogP contribution >= 0.6 is 11.3 Å². The molecule has 0 aliphatic carbocycles. The maximum atomic E-state index is 12.5. The molecule has 0 atom stereocenters. The zero-order valence-electron chi connectivity index (χ0n) is 19.2. The summed E-state index contributed by atoms with van der Waals surface area (Å²) in [6.07, 6.45) is 4.79. The number of hydrogen-bond acceptors (Lipinski definition) is 8. The van der Waals surface area contributed by atoms with Crippen LogP contribution in [0.1, 0.15) is 33.8 Å². The van der Waals surface area contributed by atoms with Gasteiger partial charge in [-0.3, -0.25) is 9.69 Å². The lowest BCUT2D eigenvalue weighted by atomic mass is 10.1. The minimum atomic E-state index is -0.167. The summed E-state index contributed by atoms with van der Waals surface area (Å²) in [5.74, 6) is 1.06. The summed E-state index contributed by atoms with van der Waals surface area (Å²) >= 11 is 1.38. The third kappa shape index (κ3) is 6.13. The van der Waals surface area contributed by atoms with Gasteiger partial charge in [0.1, 0.15) is 5.76 Å². The largest absolute Gasteiger partial charge is 0.467 e. The number of benzene rings is 1. The van der Waals surface area contributed by atoms with Crippen molar-refractivity contribution < 1.29 is 14.3 Å². The highest BCUT2D eigenvalue weighted by molar-refractivity contribution is 7.17. The highest BCUT2D eigenvalue weighted by Gasteiger charge is 2.17. The van der Waals surface area contributed by atoms with Crippen LogP contribution in [0.2, 0.25) is 0 Å². The van der Waals surface area contributed by atoms with Gasteiger partial charge in [0.05, 0.1) is 34.4 Å². The lowest BCUT2D eigenvalue weighted by Crippen LogP contribution is -2.35. The maximum absolute atomic E-state index is 12.5. The Balaban J connectivity index is 1.22. The minimum Gasteiger partial charge on any atom is -0.467 e. The lowest BCUT2D eigenvalue weighted by molar-refractivity contribution is 0.0792. The van der Waals surface area contributed by atoms with E-state index in [1.165, 1.54) is 16.9 Å². The monoisotopic (exact) mass is 489 g/mol. The van der Waals surface area contributed by atoms with Crippen LogP contribution in [-0.4, -0.2) is 45.1 Å². The van der Waals surface area contributed by atoms with Crippen molar-refractivity contribution >= 4 is 28.9 Å². The summed E-state index contributed by atoms with van der Waals surface area (Å²) in [6.45, 7) is 3.02. The predicted octanol–water partition coefficient (Wildman–Crippen LogP) is 4.43. The van der Waals surface area contributed by atoms with Crippen LogP contribution in [0.4, 0.5) is 11.6 Å². The molecule has 5 rings (SSSR count). The van der Waals surface area contributed by atoms with Crippen LogP contribution in [0.5, 0.6) is 0 Å². The molecule has 0 saturated carbocycles. The molecule has 4 heterocycles. The van der Waals surface area contributed by atoms with E-state index in [1.54, 1.807) is 24.6 Å². The van der Waals surface area contributed by atoms with E-state index >= 15 is 0 Å². The fraction of sp³-hybridized carbons (Fsp3) is 0.269. The molecule has 8 nitrogen and oxygen atoms in total. The Morgan fingerprint density at radius 2 is 2.03 bits per heavy atom. The second-order valence-corrected chi connectivity index (χ2v) is 9.61. The highest BCUT2D eigenvalue weighted by atomic mass is 32.1. The number of furan rings is 1. The van der Waals surface area contributed by atoms with Crippen molar-refractivity contribution in [2.75, 3.05) is 18.4 Å². The number of carbonyl (C=O) groups excluding carboxylic acids is 1. The van der Waals surface area contributed by atoms with E-state index in [0.717, 1.165) is 48.7 Å². The Morgan fingerprint density at radius 3 is 2.86 bits per heavy atom. The number of aliphatic hydroxyl groups is 1. The lowest BCUT2D eigenvalue weighted by Gasteiger charge is -2.29. The molecular weight excluding hydrogens is 462 g/mol. The van der Waals surface area contributed by atoms with Gasteiger partial charge in [-0.2, -0.15) is 0 Å². The molecular formula is C26H27N5O3S. The van der Waals surface area contributed by atoms with E-state index < -0.39 is 0 Å². The zero-order chi connectivity index (χ0) is 24.0. The van der Waals surface area contributed by atoms with Crippen molar-refractivity contribution in [1.29, 1.82) is 0 Å². The second kappa shape index (κ2) is 10.8. The molecule has 3 N–H and O–H groups in total. The van der Waals surface area contributed by atoms with Crippen LogP contribution in [0.25, 0.3) is 10.6 Å². The highest BCUT2D eigenvalue weighted by Crippen LogP contribution is 2.28. The van der Waals surface area contributed by atoms with Crippen LogP contribution < -0.4 is 10.6 Å². The van der Waals surface area contributed by atoms with Gasteiger partial charge in [0.15, 0.2) is 0 Å². The number of nitrogens with one attached hydrogen (secondary N) is 2. The number of nitrogens with zero attached hydrogens (tertiary/aromatic N) is 3. The fourth-order valence-corrected chi connectivity index (χ4v) is 4.93. The van der Waals surface area contributed by atoms with Crippen LogP contribution in [0.15, 0.2) is 71.5 Å². The number of aliphatic hydroxyl groups excluding tert-OH is 1. The number of likely N-dealkylation sites (tertiary alicyclic amines) is 1. The van der Waals surface area contributed by atoms with Crippen LogP contribution in [-0.2, 0) is 13.1 Å². The van der Waals surface area contributed by atoms with E-state index in [-0.39, 0.29) is 12.0 Å². The molecule has 0 bridgehead atoms. The Hall–Kier alpha value is -3.53.